The number of carboxylic acid groups (broad SMARTS) is 1. The Hall–Kier alpha value is -3.03. The Bertz CT molecular complexity index is 995. The van der Waals surface area contributed by atoms with Gasteiger partial charge in [0.15, 0.2) is 11.6 Å². The van der Waals surface area contributed by atoms with Gasteiger partial charge in [-0.2, -0.15) is 26.3 Å². The highest BCUT2D eigenvalue weighted by atomic mass is 19.4. The third kappa shape index (κ3) is 6.49. The van der Waals surface area contributed by atoms with Crippen molar-refractivity contribution in [1.82, 2.24) is 4.98 Å². The number of hydrogen-bond donors (Lipinski definition) is 2. The Labute approximate surface area is 180 Å². The second kappa shape index (κ2) is 9.85. The van der Waals surface area contributed by atoms with Crippen LogP contribution >= 0.6 is 0 Å². The van der Waals surface area contributed by atoms with Crippen molar-refractivity contribution in [2.24, 2.45) is 5.73 Å². The van der Waals surface area contributed by atoms with Crippen molar-refractivity contribution in [1.29, 1.82) is 0 Å². The summed E-state index contributed by atoms with van der Waals surface area (Å²) in [4.78, 5) is 14.1. The molecule has 1 fully saturated rings. The van der Waals surface area contributed by atoms with Gasteiger partial charge in [-0.1, -0.05) is 0 Å². The molecule has 0 unspecified atom stereocenters. The van der Waals surface area contributed by atoms with Crippen LogP contribution in [0.25, 0.3) is 0 Å². The largest absolute Gasteiger partial charge is 0.490 e. The molecule has 0 amide bonds. The standard InChI is InChI=1S/C17H15F6N3.C2HF3O2/c18-12-7-14(20)13(19)6-10(12)9-3-5-26(8-15(9)24)16-11(17(21,22)23)2-1-4-25-16;3-2(4,5)1(6)7/h1-2,4,6-7,9,15H,3,5,8,24H2;(H,6,7)/t9-,15+;/m1./s1. The van der Waals surface area contributed by atoms with E-state index in [-0.39, 0.29) is 30.9 Å². The summed E-state index contributed by atoms with van der Waals surface area (Å²) in [6, 6.07) is 2.55. The molecule has 0 bridgehead atoms. The molecule has 5 nitrogen and oxygen atoms in total. The first kappa shape index (κ1) is 26.2. The van der Waals surface area contributed by atoms with Gasteiger partial charge in [0.1, 0.15) is 11.6 Å². The minimum absolute atomic E-state index is 0.0246. The molecule has 0 saturated carbocycles. The quantitative estimate of drug-likeness (QED) is 0.481. The zero-order valence-corrected chi connectivity index (χ0v) is 16.4. The number of hydrogen-bond acceptors (Lipinski definition) is 4. The Balaban J connectivity index is 0.000000479. The van der Waals surface area contributed by atoms with E-state index in [1.165, 1.54) is 17.2 Å². The van der Waals surface area contributed by atoms with Crippen molar-refractivity contribution in [3.05, 3.63) is 59.0 Å². The van der Waals surface area contributed by atoms with Crippen molar-refractivity contribution in [2.45, 2.75) is 30.7 Å². The van der Waals surface area contributed by atoms with E-state index in [1.54, 1.807) is 0 Å². The molecule has 1 aliphatic heterocycles. The molecule has 0 spiro atoms. The first-order valence-electron chi connectivity index (χ1n) is 9.10. The monoisotopic (exact) mass is 489 g/mol. The van der Waals surface area contributed by atoms with Gasteiger partial charge in [-0.15, -0.1) is 0 Å². The molecular formula is C19H16F9N3O2. The number of aromatic nitrogens is 1. The molecule has 1 aliphatic rings. The van der Waals surface area contributed by atoms with E-state index >= 15 is 0 Å². The van der Waals surface area contributed by atoms with Crippen LogP contribution in [0.1, 0.15) is 23.5 Å². The third-order valence-corrected chi connectivity index (χ3v) is 4.73. The molecule has 0 aliphatic carbocycles. The summed E-state index contributed by atoms with van der Waals surface area (Å²) in [6.45, 7) is 0.0973. The van der Waals surface area contributed by atoms with Crippen molar-refractivity contribution in [3.8, 4) is 0 Å². The molecule has 1 saturated heterocycles. The van der Waals surface area contributed by atoms with Crippen LogP contribution in [0.3, 0.4) is 0 Å². The number of rotatable bonds is 2. The van der Waals surface area contributed by atoms with Gasteiger partial charge in [0.05, 0.1) is 5.56 Å². The van der Waals surface area contributed by atoms with Gasteiger partial charge < -0.3 is 15.7 Å². The molecule has 3 N–H and O–H groups in total. The Morgan fingerprint density at radius 1 is 1.06 bits per heavy atom. The maximum atomic E-state index is 14.0. The van der Waals surface area contributed by atoms with E-state index in [0.29, 0.717) is 6.07 Å². The molecule has 2 atom stereocenters. The van der Waals surface area contributed by atoms with Gasteiger partial charge in [0.25, 0.3) is 0 Å². The van der Waals surface area contributed by atoms with E-state index in [9.17, 15) is 39.5 Å². The molecule has 33 heavy (non-hydrogen) atoms. The van der Waals surface area contributed by atoms with Gasteiger partial charge in [0.2, 0.25) is 0 Å². The zero-order valence-electron chi connectivity index (χ0n) is 16.4. The lowest BCUT2D eigenvalue weighted by Gasteiger charge is -2.38. The van der Waals surface area contributed by atoms with Crippen LogP contribution in [-0.4, -0.2) is 41.4 Å². The number of aliphatic carboxylic acids is 1. The molecular weight excluding hydrogens is 473 g/mol. The molecule has 182 valence electrons. The van der Waals surface area contributed by atoms with E-state index in [2.05, 4.69) is 4.98 Å². The van der Waals surface area contributed by atoms with Gasteiger partial charge in [-0.3, -0.25) is 0 Å². The fraction of sp³-hybridized carbons (Fsp3) is 0.368. The van der Waals surface area contributed by atoms with Crippen molar-refractivity contribution < 1.29 is 49.4 Å². The topological polar surface area (TPSA) is 79.5 Å². The lowest BCUT2D eigenvalue weighted by Crippen LogP contribution is -2.48. The van der Waals surface area contributed by atoms with E-state index in [1.807, 2.05) is 0 Å². The summed E-state index contributed by atoms with van der Waals surface area (Å²) < 4.78 is 112. The van der Waals surface area contributed by atoms with Crippen molar-refractivity contribution in [3.63, 3.8) is 0 Å². The van der Waals surface area contributed by atoms with Crippen LogP contribution in [0, 0.1) is 17.5 Å². The van der Waals surface area contributed by atoms with Crippen LogP contribution < -0.4 is 10.6 Å². The highest BCUT2D eigenvalue weighted by Gasteiger charge is 2.39. The Morgan fingerprint density at radius 2 is 1.64 bits per heavy atom. The average molecular weight is 489 g/mol. The average Bonchev–Trinajstić information content (AvgIpc) is 2.70. The van der Waals surface area contributed by atoms with E-state index in [4.69, 9.17) is 15.6 Å². The zero-order chi connectivity index (χ0) is 25.1. The van der Waals surface area contributed by atoms with Crippen molar-refractivity contribution in [2.75, 3.05) is 18.0 Å². The summed E-state index contributed by atoms with van der Waals surface area (Å²) in [5, 5.41) is 7.12. The molecule has 14 heteroatoms. The second-order valence-corrected chi connectivity index (χ2v) is 6.97. The number of nitrogens with zero attached hydrogens (tertiary/aromatic N) is 2. The number of anilines is 1. The number of carboxylic acids is 1. The molecule has 0 radical (unpaired) electrons. The summed E-state index contributed by atoms with van der Waals surface area (Å²) in [5.74, 6) is -7.07. The number of benzene rings is 1. The van der Waals surface area contributed by atoms with Crippen molar-refractivity contribution >= 4 is 11.8 Å². The number of alkyl halides is 6. The SMILES string of the molecule is N[C@H]1CN(c2ncccc2C(F)(F)F)CC[C@@H]1c1cc(F)c(F)cc1F.O=C(O)C(F)(F)F. The minimum Gasteiger partial charge on any atom is -0.475 e. The number of carbonyl (C=O) groups is 1. The smallest absolute Gasteiger partial charge is 0.475 e. The van der Waals surface area contributed by atoms with Crippen LogP contribution in [0.5, 0.6) is 0 Å². The Morgan fingerprint density at radius 3 is 2.15 bits per heavy atom. The Kier molecular flexibility index (Phi) is 7.83. The summed E-state index contributed by atoms with van der Waals surface area (Å²) in [6.07, 6.45) is -8.23. The fourth-order valence-electron chi connectivity index (χ4n) is 3.25. The summed E-state index contributed by atoms with van der Waals surface area (Å²) >= 11 is 0. The summed E-state index contributed by atoms with van der Waals surface area (Å²) in [7, 11) is 0. The molecule has 1 aromatic carbocycles. The number of pyridine rings is 1. The highest BCUT2D eigenvalue weighted by Crippen LogP contribution is 2.38. The predicted octanol–water partition coefficient (Wildman–Crippen LogP) is 4.47. The molecule has 3 rings (SSSR count). The third-order valence-electron chi connectivity index (χ3n) is 4.73. The molecule has 2 aromatic rings. The van der Waals surface area contributed by atoms with Gasteiger partial charge in [-0.25, -0.2) is 22.9 Å². The number of piperidine rings is 1. The van der Waals surface area contributed by atoms with Crippen LogP contribution in [0.2, 0.25) is 0 Å². The maximum Gasteiger partial charge on any atom is 0.490 e. The molecule has 1 aromatic heterocycles. The maximum absolute atomic E-state index is 14.0. The second-order valence-electron chi connectivity index (χ2n) is 6.97. The van der Waals surface area contributed by atoms with Gasteiger partial charge >= 0.3 is 18.3 Å². The van der Waals surface area contributed by atoms with Crippen LogP contribution in [0.15, 0.2) is 30.5 Å². The van der Waals surface area contributed by atoms with Gasteiger partial charge in [0, 0.05) is 37.3 Å². The first-order chi connectivity index (χ1) is 15.1. The highest BCUT2D eigenvalue weighted by molar-refractivity contribution is 5.73. The first-order valence-corrected chi connectivity index (χ1v) is 9.10. The predicted molar refractivity (Wildman–Crippen MR) is 96.8 cm³/mol. The van der Waals surface area contributed by atoms with E-state index < -0.39 is 53.3 Å². The summed E-state index contributed by atoms with van der Waals surface area (Å²) in [5.41, 5.74) is 5.06. The lowest BCUT2D eigenvalue weighted by atomic mass is 9.85. The fourth-order valence-corrected chi connectivity index (χ4v) is 3.25. The number of halogens is 9. The van der Waals surface area contributed by atoms with Crippen LogP contribution in [0.4, 0.5) is 45.3 Å². The molecule has 2 heterocycles. The lowest BCUT2D eigenvalue weighted by molar-refractivity contribution is -0.192. The van der Waals surface area contributed by atoms with Crippen LogP contribution in [-0.2, 0) is 11.0 Å². The minimum atomic E-state index is -5.08. The van der Waals surface area contributed by atoms with Gasteiger partial charge in [-0.05, 0) is 30.2 Å². The van der Waals surface area contributed by atoms with E-state index in [0.717, 1.165) is 12.1 Å². The normalized spacial score (nSPS) is 19.0. The number of nitrogens with two attached hydrogens (primary N) is 1.